The van der Waals surface area contributed by atoms with Gasteiger partial charge in [-0.05, 0) is 44.4 Å². The van der Waals surface area contributed by atoms with Gasteiger partial charge in [0.2, 0.25) is 5.91 Å². The van der Waals surface area contributed by atoms with Crippen LogP contribution in [0.15, 0.2) is 18.3 Å². The second-order valence-electron chi connectivity index (χ2n) is 5.74. The second-order valence-corrected chi connectivity index (χ2v) is 5.74. The maximum Gasteiger partial charge on any atom is 0.249 e. The largest absolute Gasteiger partial charge is 0.369 e. The van der Waals surface area contributed by atoms with Gasteiger partial charge >= 0.3 is 0 Å². The van der Waals surface area contributed by atoms with Gasteiger partial charge in [0, 0.05) is 32.4 Å². The highest BCUT2D eigenvalue weighted by Gasteiger charge is 2.13. The number of aromatic nitrogens is 1. The molecule has 22 heavy (non-hydrogen) atoms. The molecule has 1 N–H and O–H groups in total. The monoisotopic (exact) mass is 305 g/mol. The molecular formula is C17H27N3O2. The summed E-state index contributed by atoms with van der Waals surface area (Å²) in [5.74, 6) is 0.946. The summed E-state index contributed by atoms with van der Waals surface area (Å²) in [5.41, 5.74) is 1.08. The van der Waals surface area contributed by atoms with Crippen LogP contribution in [0.2, 0.25) is 0 Å². The lowest BCUT2D eigenvalue weighted by atomic mass is 10.2. The van der Waals surface area contributed by atoms with Crippen LogP contribution in [-0.2, 0) is 16.1 Å². The molecule has 2 heterocycles. The number of carbonyl (C=O) groups excluding carboxylic acids is 1. The molecule has 0 saturated carbocycles. The highest BCUT2D eigenvalue weighted by molar-refractivity contribution is 5.80. The lowest BCUT2D eigenvalue weighted by Crippen LogP contribution is -2.34. The molecule has 0 aromatic carbocycles. The summed E-state index contributed by atoms with van der Waals surface area (Å²) >= 11 is 0. The summed E-state index contributed by atoms with van der Waals surface area (Å²) in [4.78, 5) is 18.7. The van der Waals surface area contributed by atoms with Gasteiger partial charge in [0.1, 0.15) is 11.9 Å². The van der Waals surface area contributed by atoms with Crippen molar-refractivity contribution in [1.82, 2.24) is 10.3 Å². The molecule has 5 heteroatoms. The number of carbonyl (C=O) groups is 1. The van der Waals surface area contributed by atoms with Gasteiger partial charge in [0.15, 0.2) is 0 Å². The van der Waals surface area contributed by atoms with E-state index in [1.807, 2.05) is 19.2 Å². The van der Waals surface area contributed by atoms with Crippen molar-refractivity contribution in [2.24, 2.45) is 0 Å². The minimum Gasteiger partial charge on any atom is -0.369 e. The van der Waals surface area contributed by atoms with E-state index in [1.54, 1.807) is 6.92 Å². The number of nitrogens with zero attached hydrogens (tertiary/aromatic N) is 2. The number of rotatable bonds is 6. The molecule has 1 amide bonds. The Morgan fingerprint density at radius 3 is 2.77 bits per heavy atom. The molecule has 1 aromatic heterocycles. The van der Waals surface area contributed by atoms with Crippen LogP contribution in [0.3, 0.4) is 0 Å². The molecule has 1 fully saturated rings. The maximum atomic E-state index is 11.9. The Morgan fingerprint density at radius 1 is 1.36 bits per heavy atom. The molecule has 0 bridgehead atoms. The van der Waals surface area contributed by atoms with Crippen LogP contribution in [0, 0.1) is 0 Å². The molecule has 122 valence electrons. The minimum atomic E-state index is -0.406. The molecule has 1 aliphatic heterocycles. The van der Waals surface area contributed by atoms with E-state index < -0.39 is 6.10 Å². The summed E-state index contributed by atoms with van der Waals surface area (Å²) in [6.45, 7) is 6.87. The Hall–Kier alpha value is -1.62. The predicted molar refractivity (Wildman–Crippen MR) is 87.9 cm³/mol. The fraction of sp³-hybridized carbons (Fsp3) is 0.647. The van der Waals surface area contributed by atoms with Crippen LogP contribution in [0.4, 0.5) is 5.82 Å². The van der Waals surface area contributed by atoms with Gasteiger partial charge in [-0.1, -0.05) is 12.8 Å². The summed E-state index contributed by atoms with van der Waals surface area (Å²) in [7, 11) is 0. The van der Waals surface area contributed by atoms with Gasteiger partial charge in [0.25, 0.3) is 0 Å². The van der Waals surface area contributed by atoms with Crippen molar-refractivity contribution in [3.8, 4) is 0 Å². The first-order valence-electron chi connectivity index (χ1n) is 8.30. The predicted octanol–water partition coefficient (Wildman–Crippen LogP) is 2.50. The normalized spacial score (nSPS) is 16.9. The van der Waals surface area contributed by atoms with Crippen LogP contribution < -0.4 is 10.2 Å². The highest BCUT2D eigenvalue weighted by Crippen LogP contribution is 2.18. The third-order valence-corrected chi connectivity index (χ3v) is 3.99. The van der Waals surface area contributed by atoms with Gasteiger partial charge in [-0.25, -0.2) is 4.98 Å². The van der Waals surface area contributed by atoms with E-state index in [1.165, 1.54) is 25.7 Å². The molecule has 1 aromatic rings. The van der Waals surface area contributed by atoms with Crippen molar-refractivity contribution >= 4 is 11.7 Å². The molecule has 5 nitrogen and oxygen atoms in total. The molecule has 1 saturated heterocycles. The molecule has 1 atom stereocenters. The standard InChI is InChI=1S/C17H27N3O2/c1-3-22-14(2)17(21)19-13-15-8-9-18-16(12-15)20-10-6-4-5-7-11-20/h8-9,12,14H,3-7,10-11,13H2,1-2H3,(H,19,21)/t14-/m0/s1. The third-order valence-electron chi connectivity index (χ3n) is 3.99. The Labute approximate surface area is 133 Å². The number of nitrogens with one attached hydrogen (secondary N) is 1. The van der Waals surface area contributed by atoms with Crippen molar-refractivity contribution in [2.75, 3.05) is 24.6 Å². The van der Waals surface area contributed by atoms with Crippen molar-refractivity contribution in [3.05, 3.63) is 23.9 Å². The number of hydrogen-bond donors (Lipinski definition) is 1. The minimum absolute atomic E-state index is 0.0741. The van der Waals surface area contributed by atoms with E-state index >= 15 is 0 Å². The van der Waals surface area contributed by atoms with Gasteiger partial charge in [-0.2, -0.15) is 0 Å². The lowest BCUT2D eigenvalue weighted by molar-refractivity contribution is -0.131. The summed E-state index contributed by atoms with van der Waals surface area (Å²) in [5, 5.41) is 2.92. The lowest BCUT2D eigenvalue weighted by Gasteiger charge is -2.22. The Morgan fingerprint density at radius 2 is 2.09 bits per heavy atom. The van der Waals surface area contributed by atoms with Crippen molar-refractivity contribution < 1.29 is 9.53 Å². The smallest absolute Gasteiger partial charge is 0.249 e. The van der Waals surface area contributed by atoms with Gasteiger partial charge in [0.05, 0.1) is 0 Å². The molecule has 0 radical (unpaired) electrons. The van der Waals surface area contributed by atoms with Crippen LogP contribution in [0.5, 0.6) is 0 Å². The van der Waals surface area contributed by atoms with E-state index in [9.17, 15) is 4.79 Å². The SMILES string of the molecule is CCO[C@@H](C)C(=O)NCc1ccnc(N2CCCCCC2)c1. The molecule has 1 aliphatic rings. The maximum absolute atomic E-state index is 11.9. The summed E-state index contributed by atoms with van der Waals surface area (Å²) in [6.07, 6.45) is 6.50. The van der Waals surface area contributed by atoms with Crippen LogP contribution in [-0.4, -0.2) is 36.7 Å². The summed E-state index contributed by atoms with van der Waals surface area (Å²) < 4.78 is 5.29. The van der Waals surface area contributed by atoms with E-state index in [0.29, 0.717) is 13.2 Å². The first-order valence-corrected chi connectivity index (χ1v) is 8.30. The number of pyridine rings is 1. The zero-order chi connectivity index (χ0) is 15.8. The molecule has 0 aliphatic carbocycles. The molecule has 0 spiro atoms. The van der Waals surface area contributed by atoms with Crippen molar-refractivity contribution in [2.45, 2.75) is 52.2 Å². The third kappa shape index (κ3) is 4.98. The van der Waals surface area contributed by atoms with E-state index in [-0.39, 0.29) is 5.91 Å². The topological polar surface area (TPSA) is 54.5 Å². The van der Waals surface area contributed by atoms with Gasteiger partial charge in [-0.3, -0.25) is 4.79 Å². The van der Waals surface area contributed by atoms with Gasteiger partial charge < -0.3 is 15.0 Å². The van der Waals surface area contributed by atoms with Crippen molar-refractivity contribution in [1.29, 1.82) is 0 Å². The number of anilines is 1. The van der Waals surface area contributed by atoms with Crippen LogP contribution in [0.25, 0.3) is 0 Å². The van der Waals surface area contributed by atoms with E-state index in [2.05, 4.69) is 21.3 Å². The van der Waals surface area contributed by atoms with E-state index in [4.69, 9.17) is 4.74 Å². The highest BCUT2D eigenvalue weighted by atomic mass is 16.5. The Kier molecular flexibility index (Phi) is 6.65. The Balaban J connectivity index is 1.92. The zero-order valence-corrected chi connectivity index (χ0v) is 13.7. The summed E-state index contributed by atoms with van der Waals surface area (Å²) in [6, 6.07) is 4.03. The van der Waals surface area contributed by atoms with Crippen LogP contribution in [0.1, 0.15) is 45.1 Å². The van der Waals surface area contributed by atoms with Crippen molar-refractivity contribution in [3.63, 3.8) is 0 Å². The number of hydrogen-bond acceptors (Lipinski definition) is 4. The molecule has 2 rings (SSSR count). The fourth-order valence-electron chi connectivity index (χ4n) is 2.70. The first kappa shape index (κ1) is 16.7. The fourth-order valence-corrected chi connectivity index (χ4v) is 2.70. The number of amides is 1. The molecular weight excluding hydrogens is 278 g/mol. The zero-order valence-electron chi connectivity index (χ0n) is 13.7. The Bertz CT molecular complexity index is 471. The second kappa shape index (κ2) is 8.73. The molecule has 0 unspecified atom stereocenters. The first-order chi connectivity index (χ1) is 10.7. The van der Waals surface area contributed by atoms with Gasteiger partial charge in [-0.15, -0.1) is 0 Å². The average molecular weight is 305 g/mol. The van der Waals surface area contributed by atoms with Crippen LogP contribution >= 0.6 is 0 Å². The quantitative estimate of drug-likeness (QED) is 0.877. The average Bonchev–Trinajstić information content (AvgIpc) is 2.82. The number of ether oxygens (including phenoxy) is 1. The van der Waals surface area contributed by atoms with E-state index in [0.717, 1.165) is 24.5 Å².